The van der Waals surface area contributed by atoms with Crippen LogP contribution >= 0.6 is 0 Å². The van der Waals surface area contributed by atoms with Crippen LogP contribution in [0, 0.1) is 41.7 Å². The predicted molar refractivity (Wildman–Crippen MR) is 13.0 cm³/mol. The molecule has 0 aliphatic carbocycles. The van der Waals surface area contributed by atoms with E-state index < -0.39 is 0 Å². The second-order valence-electron chi connectivity index (χ2n) is 0. The largest absolute Gasteiger partial charge is 0.412 e. The van der Waals surface area contributed by atoms with Crippen molar-refractivity contribution in [3.05, 3.63) is 0 Å². The van der Waals surface area contributed by atoms with Crippen molar-refractivity contribution in [2.45, 2.75) is 0 Å². The summed E-state index contributed by atoms with van der Waals surface area (Å²) in [5, 5.41) is 0. The Labute approximate surface area is 97.5 Å². The summed E-state index contributed by atoms with van der Waals surface area (Å²) < 4.78 is 0. The van der Waals surface area contributed by atoms with Gasteiger partial charge in [-0.05, 0) is 0 Å². The van der Waals surface area contributed by atoms with Crippen molar-refractivity contribution < 1.29 is 90.8 Å². The third kappa shape index (κ3) is 30.9. The topological polar surface area (TPSA) is 63.0 Å². The Kier molecular flexibility index (Phi) is 613. The molecule has 4 radical (unpaired) electrons. The molecule has 0 aliphatic rings. The minimum Gasteiger partial charge on any atom is -0.412 e. The molecule has 4 N–H and O–H groups in total. The standard InChI is InChI=1S/B.Ce.Mn.2H2O.W/h;;;2*1H2;. The molecule has 0 atom stereocenters. The summed E-state index contributed by atoms with van der Waals surface area (Å²) in [7, 11) is 0. The van der Waals surface area contributed by atoms with Gasteiger partial charge >= 0.3 is 0 Å². The molecule has 0 aromatic carbocycles. The zero-order valence-electron chi connectivity index (χ0n) is 2.86. The molecule has 0 bridgehead atoms. The van der Waals surface area contributed by atoms with E-state index in [0.29, 0.717) is 0 Å². The average molecular weight is 426 g/mol. The summed E-state index contributed by atoms with van der Waals surface area (Å²) in [4.78, 5) is 0. The maximum absolute atomic E-state index is 0. The first-order valence-electron chi connectivity index (χ1n) is 0. The van der Waals surface area contributed by atoms with Crippen LogP contribution < -0.4 is 0 Å². The molecular formula is H4BCeMnO2W. The molecule has 0 unspecified atom stereocenters. The Balaban J connectivity index is 0. The van der Waals surface area contributed by atoms with Crippen LogP contribution in [0.2, 0.25) is 0 Å². The Morgan fingerprint density at radius 2 is 0.833 bits per heavy atom. The molecule has 0 aromatic heterocycles. The van der Waals surface area contributed by atoms with Crippen LogP contribution in [0.3, 0.4) is 0 Å². The van der Waals surface area contributed by atoms with Gasteiger partial charge in [-0.25, -0.2) is 0 Å². The van der Waals surface area contributed by atoms with Gasteiger partial charge in [0, 0.05) is 88.3 Å². The van der Waals surface area contributed by atoms with Crippen molar-refractivity contribution in [2.24, 2.45) is 0 Å². The van der Waals surface area contributed by atoms with Gasteiger partial charge in [-0.3, -0.25) is 0 Å². The van der Waals surface area contributed by atoms with Crippen LogP contribution in [0.15, 0.2) is 0 Å². The first-order chi connectivity index (χ1) is 0. The summed E-state index contributed by atoms with van der Waals surface area (Å²) in [6, 6.07) is 0. The van der Waals surface area contributed by atoms with Gasteiger partial charge in [0.15, 0.2) is 0 Å². The van der Waals surface area contributed by atoms with Crippen LogP contribution in [-0.4, -0.2) is 19.4 Å². The zero-order chi connectivity index (χ0) is 0. The fourth-order valence-electron chi connectivity index (χ4n) is 0. The molecule has 36 valence electrons. The quantitative estimate of drug-likeness (QED) is 0.402. The van der Waals surface area contributed by atoms with E-state index in [2.05, 4.69) is 0 Å². The molecule has 0 saturated heterocycles. The van der Waals surface area contributed by atoms with Crippen LogP contribution in [0.5, 0.6) is 0 Å². The maximum atomic E-state index is 0. The first-order valence-corrected chi connectivity index (χ1v) is 0. The van der Waals surface area contributed by atoms with E-state index in [1.165, 1.54) is 0 Å². The van der Waals surface area contributed by atoms with Crippen LogP contribution in [-0.2, 0) is 38.1 Å². The predicted octanol–water partition coefficient (Wildman–Crippen LogP) is -2.04. The van der Waals surface area contributed by atoms with Crippen molar-refractivity contribution in [1.29, 1.82) is 0 Å². The van der Waals surface area contributed by atoms with Crippen LogP contribution in [0.1, 0.15) is 0 Å². The fraction of sp³-hybridized carbons (Fsp3) is 0. The number of hydrogen-bond donors (Lipinski definition) is 0. The molecule has 0 saturated carbocycles. The van der Waals surface area contributed by atoms with Gasteiger partial charge in [-0.2, -0.15) is 0 Å². The molecule has 6 heteroatoms. The monoisotopic (exact) mass is 426 g/mol. The molecule has 0 amide bonds. The molecule has 0 spiro atoms. The van der Waals surface area contributed by atoms with Gasteiger partial charge < -0.3 is 11.0 Å². The molecule has 0 fully saturated rings. The number of rotatable bonds is 0. The molecule has 6 heavy (non-hydrogen) atoms. The Morgan fingerprint density at radius 1 is 0.833 bits per heavy atom. The summed E-state index contributed by atoms with van der Waals surface area (Å²) in [5.74, 6) is 0. The fourth-order valence-corrected chi connectivity index (χ4v) is 0. The Morgan fingerprint density at radius 3 is 0.833 bits per heavy atom. The summed E-state index contributed by atoms with van der Waals surface area (Å²) in [5.41, 5.74) is 0. The van der Waals surface area contributed by atoms with Gasteiger partial charge in [0.25, 0.3) is 0 Å². The minimum absolute atomic E-state index is 0. The van der Waals surface area contributed by atoms with Crippen LogP contribution in [0.25, 0.3) is 0 Å². The molecule has 0 heterocycles. The minimum atomic E-state index is 0. The van der Waals surface area contributed by atoms with Crippen molar-refractivity contribution in [3.8, 4) is 0 Å². The second kappa shape index (κ2) is 49.5. The third-order valence-corrected chi connectivity index (χ3v) is 0. The van der Waals surface area contributed by atoms with Gasteiger partial charge in [0.2, 0.25) is 0 Å². The first kappa shape index (κ1) is 74.4. The van der Waals surface area contributed by atoms with Crippen molar-refractivity contribution in [1.82, 2.24) is 0 Å². The van der Waals surface area contributed by atoms with Crippen molar-refractivity contribution >= 4 is 8.41 Å². The summed E-state index contributed by atoms with van der Waals surface area (Å²) in [6.45, 7) is 0. The van der Waals surface area contributed by atoms with Gasteiger partial charge in [-0.15, -0.1) is 0 Å². The van der Waals surface area contributed by atoms with Crippen LogP contribution in [0.4, 0.5) is 0 Å². The zero-order valence-corrected chi connectivity index (χ0v) is 10.1. The van der Waals surface area contributed by atoms with E-state index in [0.717, 1.165) is 0 Å². The molecule has 2 nitrogen and oxygen atoms in total. The SMILES string of the molecule is O.O.[B].[Ce].[Mn].[W]. The average Bonchev–Trinajstić information content (AvgIpc) is 0. The third-order valence-electron chi connectivity index (χ3n) is 0. The molecule has 0 rings (SSSR count). The maximum Gasteiger partial charge on any atom is 0 e. The normalized spacial score (nSPS) is 0. The van der Waals surface area contributed by atoms with E-state index in [-0.39, 0.29) is 99.2 Å². The smallest absolute Gasteiger partial charge is 0 e. The molecular weight excluding hydrogens is 422 g/mol. The van der Waals surface area contributed by atoms with E-state index in [9.17, 15) is 0 Å². The van der Waals surface area contributed by atoms with E-state index in [4.69, 9.17) is 0 Å². The Hall–Kier alpha value is 2.57. The van der Waals surface area contributed by atoms with Gasteiger partial charge in [-0.1, -0.05) is 0 Å². The molecule has 0 aromatic rings. The second-order valence-corrected chi connectivity index (χ2v) is 0. The summed E-state index contributed by atoms with van der Waals surface area (Å²) in [6.07, 6.45) is 0. The van der Waals surface area contributed by atoms with E-state index in [1.54, 1.807) is 0 Å². The van der Waals surface area contributed by atoms with Gasteiger partial charge in [0.05, 0.1) is 0 Å². The number of hydrogen-bond acceptors (Lipinski definition) is 0. The van der Waals surface area contributed by atoms with Gasteiger partial charge in [0.1, 0.15) is 0 Å². The van der Waals surface area contributed by atoms with E-state index >= 15 is 0 Å². The van der Waals surface area contributed by atoms with Crippen molar-refractivity contribution in [2.75, 3.05) is 0 Å². The Bertz CT molecular complexity index is 13.5. The molecule has 0 aliphatic heterocycles. The van der Waals surface area contributed by atoms with E-state index in [1.807, 2.05) is 0 Å². The summed E-state index contributed by atoms with van der Waals surface area (Å²) >= 11 is 0. The van der Waals surface area contributed by atoms with Crippen molar-refractivity contribution in [3.63, 3.8) is 0 Å².